The Morgan fingerprint density at radius 2 is 2.17 bits per heavy atom. The van der Waals surface area contributed by atoms with E-state index in [4.69, 9.17) is 11.6 Å². The van der Waals surface area contributed by atoms with Crippen LogP contribution in [0.1, 0.15) is 20.3 Å². The van der Waals surface area contributed by atoms with Crippen LogP contribution in [-0.4, -0.2) is 50.2 Å². The average molecular weight is 426 g/mol. The number of sulfonamides is 1. The van der Waals surface area contributed by atoms with E-state index in [-0.39, 0.29) is 16.5 Å². The van der Waals surface area contributed by atoms with Crippen molar-refractivity contribution in [2.75, 3.05) is 19.6 Å². The van der Waals surface area contributed by atoms with Crippen LogP contribution < -0.4 is 4.72 Å². The standard InChI is InChI=1S/C15H22BrClN2O3S/c1-10-5-11(2)19(8-10)9-13(20)7-18-23(21,22)15-6-12(16)3-4-14(15)17/h3-4,6,10-11,13,18,20H,5,7-9H2,1-2H3/t10?,11?,13-/m0/s1. The van der Waals surface area contributed by atoms with Crippen LogP contribution in [0.15, 0.2) is 27.6 Å². The molecular formula is C15H22BrClN2O3S. The van der Waals surface area contributed by atoms with Gasteiger partial charge in [0.25, 0.3) is 0 Å². The molecule has 5 nitrogen and oxygen atoms in total. The Balaban J connectivity index is 1.95. The second-order valence-corrected chi connectivity index (χ2v) is 9.28. The van der Waals surface area contributed by atoms with Crippen LogP contribution in [0.3, 0.4) is 0 Å². The van der Waals surface area contributed by atoms with Gasteiger partial charge in [-0.25, -0.2) is 13.1 Å². The number of likely N-dealkylation sites (tertiary alicyclic amines) is 1. The van der Waals surface area contributed by atoms with Gasteiger partial charge >= 0.3 is 0 Å². The number of aliphatic hydroxyl groups excluding tert-OH is 1. The van der Waals surface area contributed by atoms with Crippen molar-refractivity contribution in [1.29, 1.82) is 0 Å². The summed E-state index contributed by atoms with van der Waals surface area (Å²) in [5.41, 5.74) is 0. The van der Waals surface area contributed by atoms with E-state index in [0.29, 0.717) is 23.0 Å². The second kappa shape index (κ2) is 7.80. The quantitative estimate of drug-likeness (QED) is 0.734. The molecule has 0 aromatic heterocycles. The number of halogens is 2. The summed E-state index contributed by atoms with van der Waals surface area (Å²) >= 11 is 9.19. The Kier molecular flexibility index (Phi) is 6.49. The molecule has 0 radical (unpaired) electrons. The zero-order valence-corrected chi connectivity index (χ0v) is 16.3. The first-order valence-electron chi connectivity index (χ1n) is 7.56. The summed E-state index contributed by atoms with van der Waals surface area (Å²) in [5, 5.41) is 10.3. The molecule has 2 N–H and O–H groups in total. The van der Waals surface area contributed by atoms with Gasteiger partial charge in [0.05, 0.1) is 11.1 Å². The third kappa shape index (κ3) is 5.14. The Labute approximate surface area is 151 Å². The number of β-amino-alcohol motifs (C(OH)–C–C–N with tert-alkyl or cyclic N) is 1. The summed E-state index contributed by atoms with van der Waals surface area (Å²) < 4.78 is 27.7. The maximum Gasteiger partial charge on any atom is 0.242 e. The third-order valence-corrected chi connectivity index (χ3v) is 6.45. The predicted octanol–water partition coefficient (Wildman–Crippen LogP) is 2.47. The molecule has 1 aromatic rings. The number of benzene rings is 1. The number of nitrogens with zero attached hydrogens (tertiary/aromatic N) is 1. The van der Waals surface area contributed by atoms with E-state index < -0.39 is 16.1 Å². The lowest BCUT2D eigenvalue weighted by Gasteiger charge is -2.24. The van der Waals surface area contributed by atoms with E-state index >= 15 is 0 Å². The highest BCUT2D eigenvalue weighted by atomic mass is 79.9. The van der Waals surface area contributed by atoms with Crippen LogP contribution in [0, 0.1) is 5.92 Å². The van der Waals surface area contributed by atoms with Crippen LogP contribution in [0.5, 0.6) is 0 Å². The fourth-order valence-corrected chi connectivity index (χ4v) is 5.05. The molecule has 0 spiro atoms. The van der Waals surface area contributed by atoms with Crippen molar-refractivity contribution in [3.8, 4) is 0 Å². The summed E-state index contributed by atoms with van der Waals surface area (Å²) in [6.07, 6.45) is 0.343. The minimum absolute atomic E-state index is 0.00362. The van der Waals surface area contributed by atoms with Crippen LogP contribution in [0.4, 0.5) is 0 Å². The molecule has 1 aromatic carbocycles. The fourth-order valence-electron chi connectivity index (χ4n) is 2.94. The van der Waals surface area contributed by atoms with E-state index in [2.05, 4.69) is 39.4 Å². The zero-order chi connectivity index (χ0) is 17.2. The summed E-state index contributed by atoms with van der Waals surface area (Å²) in [5.74, 6) is 0.606. The van der Waals surface area contributed by atoms with Crippen LogP contribution in [0.25, 0.3) is 0 Å². The van der Waals surface area contributed by atoms with Gasteiger partial charge in [-0.05, 0) is 37.5 Å². The Morgan fingerprint density at radius 3 is 2.78 bits per heavy atom. The topological polar surface area (TPSA) is 69.6 Å². The Bertz CT molecular complexity index is 656. The highest BCUT2D eigenvalue weighted by Gasteiger charge is 2.28. The third-order valence-electron chi connectivity index (χ3n) is 4.05. The van der Waals surface area contributed by atoms with Crippen molar-refractivity contribution in [3.05, 3.63) is 27.7 Å². The van der Waals surface area contributed by atoms with Gasteiger partial charge in [-0.3, -0.25) is 4.90 Å². The van der Waals surface area contributed by atoms with E-state index in [1.807, 2.05) is 0 Å². The SMILES string of the molecule is CC1CC(C)N(C[C@@H](O)CNS(=O)(=O)c2cc(Br)ccc2Cl)C1. The monoisotopic (exact) mass is 424 g/mol. The van der Waals surface area contributed by atoms with Gasteiger partial charge in [0.15, 0.2) is 0 Å². The van der Waals surface area contributed by atoms with Gasteiger partial charge in [-0.2, -0.15) is 0 Å². The molecule has 130 valence electrons. The lowest BCUT2D eigenvalue weighted by molar-refractivity contribution is 0.111. The van der Waals surface area contributed by atoms with Gasteiger partial charge < -0.3 is 5.11 Å². The number of nitrogens with one attached hydrogen (secondary N) is 1. The highest BCUT2D eigenvalue weighted by Crippen LogP contribution is 2.25. The molecule has 1 fully saturated rings. The molecule has 1 aliphatic rings. The maximum atomic E-state index is 12.3. The van der Waals surface area contributed by atoms with Crippen LogP contribution in [-0.2, 0) is 10.0 Å². The normalized spacial score (nSPS) is 24.0. The molecule has 2 rings (SSSR count). The molecule has 0 amide bonds. The van der Waals surface area contributed by atoms with Gasteiger partial charge in [-0.1, -0.05) is 34.5 Å². The number of rotatable bonds is 6. The van der Waals surface area contributed by atoms with Crippen molar-refractivity contribution in [2.45, 2.75) is 37.3 Å². The summed E-state index contributed by atoms with van der Waals surface area (Å²) in [6.45, 7) is 5.66. The molecule has 2 unspecified atom stereocenters. The van der Waals surface area contributed by atoms with Gasteiger partial charge in [-0.15, -0.1) is 0 Å². The van der Waals surface area contributed by atoms with Crippen LogP contribution in [0.2, 0.25) is 5.02 Å². The highest BCUT2D eigenvalue weighted by molar-refractivity contribution is 9.10. The summed E-state index contributed by atoms with van der Waals surface area (Å²) in [7, 11) is -3.76. The molecule has 1 heterocycles. The predicted molar refractivity (Wildman–Crippen MR) is 95.2 cm³/mol. The van der Waals surface area contributed by atoms with E-state index in [1.54, 1.807) is 6.07 Å². The number of hydrogen-bond acceptors (Lipinski definition) is 4. The lowest BCUT2D eigenvalue weighted by Crippen LogP contribution is -2.41. The molecule has 0 aliphatic carbocycles. The minimum Gasteiger partial charge on any atom is -0.390 e. The Hall–Kier alpha value is -0.180. The molecule has 1 saturated heterocycles. The second-order valence-electron chi connectivity index (χ2n) is 6.22. The zero-order valence-electron chi connectivity index (χ0n) is 13.2. The molecule has 0 saturated carbocycles. The minimum atomic E-state index is -3.76. The first kappa shape index (κ1) is 19.1. The summed E-state index contributed by atoms with van der Waals surface area (Å²) in [4.78, 5) is 2.19. The lowest BCUT2D eigenvalue weighted by atomic mass is 10.1. The van der Waals surface area contributed by atoms with Crippen molar-refractivity contribution >= 4 is 37.6 Å². The average Bonchev–Trinajstić information content (AvgIpc) is 2.77. The van der Waals surface area contributed by atoms with Crippen molar-refractivity contribution in [1.82, 2.24) is 9.62 Å². The van der Waals surface area contributed by atoms with Crippen LogP contribution >= 0.6 is 27.5 Å². The largest absolute Gasteiger partial charge is 0.390 e. The van der Waals surface area contributed by atoms with Gasteiger partial charge in [0.1, 0.15) is 4.90 Å². The molecule has 8 heteroatoms. The number of aliphatic hydroxyl groups is 1. The number of hydrogen-bond donors (Lipinski definition) is 2. The van der Waals surface area contributed by atoms with E-state index in [9.17, 15) is 13.5 Å². The molecule has 3 atom stereocenters. The molecule has 1 aliphatic heterocycles. The molecule has 23 heavy (non-hydrogen) atoms. The molecular weight excluding hydrogens is 404 g/mol. The van der Waals surface area contributed by atoms with E-state index in [0.717, 1.165) is 13.0 Å². The first-order valence-corrected chi connectivity index (χ1v) is 10.2. The molecule has 0 bridgehead atoms. The fraction of sp³-hybridized carbons (Fsp3) is 0.600. The maximum absolute atomic E-state index is 12.3. The first-order chi connectivity index (χ1) is 10.7. The van der Waals surface area contributed by atoms with Crippen molar-refractivity contribution < 1.29 is 13.5 Å². The smallest absolute Gasteiger partial charge is 0.242 e. The Morgan fingerprint density at radius 1 is 1.48 bits per heavy atom. The van der Waals surface area contributed by atoms with Gasteiger partial charge in [0.2, 0.25) is 10.0 Å². The van der Waals surface area contributed by atoms with E-state index in [1.165, 1.54) is 12.1 Å². The van der Waals surface area contributed by atoms with Gasteiger partial charge in [0, 0.05) is 30.1 Å². The van der Waals surface area contributed by atoms with Crippen molar-refractivity contribution in [3.63, 3.8) is 0 Å². The van der Waals surface area contributed by atoms with Crippen molar-refractivity contribution in [2.24, 2.45) is 5.92 Å². The summed E-state index contributed by atoms with van der Waals surface area (Å²) in [6, 6.07) is 5.05.